The minimum Gasteiger partial charge on any atom is -0.468 e. The van der Waals surface area contributed by atoms with Crippen LogP contribution in [-0.2, 0) is 9.53 Å². The van der Waals surface area contributed by atoms with Crippen molar-refractivity contribution in [2.75, 3.05) is 7.11 Å². The molecule has 0 spiro atoms. The number of ether oxygens (including phenoxy) is 1. The van der Waals surface area contributed by atoms with Gasteiger partial charge in [-0.05, 0) is 30.0 Å². The monoisotopic (exact) mass is 274 g/mol. The van der Waals surface area contributed by atoms with Crippen LogP contribution in [-0.4, -0.2) is 18.6 Å². The summed E-state index contributed by atoms with van der Waals surface area (Å²) in [7, 11) is 1.24. The summed E-state index contributed by atoms with van der Waals surface area (Å²) in [4.78, 5) is 10.8. The Labute approximate surface area is 107 Å². The first-order valence-electron chi connectivity index (χ1n) is 4.82. The van der Waals surface area contributed by atoms with Gasteiger partial charge in [0.1, 0.15) is 6.42 Å². The number of benzene rings is 1. The van der Waals surface area contributed by atoms with E-state index in [0.717, 1.165) is 0 Å². The lowest BCUT2D eigenvalue weighted by Gasteiger charge is -2.05. The molecule has 2 nitrogen and oxygen atoms in total. The fourth-order valence-corrected chi connectivity index (χ4v) is 1.66. The molecule has 6 heteroatoms. The Balaban J connectivity index is 2.73. The molecule has 0 N–H and O–H groups in total. The average molecular weight is 274 g/mol. The molecule has 0 atom stereocenters. The Morgan fingerprint density at radius 1 is 1.44 bits per heavy atom. The zero-order chi connectivity index (χ0) is 13.6. The second-order valence-corrected chi connectivity index (χ2v) is 4.27. The Kier molecular flexibility index (Phi) is 5.10. The van der Waals surface area contributed by atoms with Crippen molar-refractivity contribution in [1.29, 1.82) is 0 Å². The van der Waals surface area contributed by atoms with Gasteiger partial charge in [0, 0.05) is 10.5 Å². The number of methoxy groups -OCH3 is 1. The summed E-state index contributed by atoms with van der Waals surface area (Å²) in [6.07, 6.45) is -0.0901. The summed E-state index contributed by atoms with van der Waals surface area (Å²) < 4.78 is 40.8. The highest BCUT2D eigenvalue weighted by Gasteiger charge is 2.29. The van der Waals surface area contributed by atoms with Gasteiger partial charge < -0.3 is 4.74 Å². The number of thioether (sulfide) groups is 1. The predicted molar refractivity (Wildman–Crippen MR) is 61.9 cm³/mol. The van der Waals surface area contributed by atoms with Crippen molar-refractivity contribution < 1.29 is 22.7 Å². The molecular formula is C12H9F3O2S. The Bertz CT molecular complexity index is 486. The smallest absolute Gasteiger partial charge is 0.446 e. The SMILES string of the molecule is COC(=O)CC#Cc1cccc(SC(F)(F)F)c1. The lowest BCUT2D eigenvalue weighted by molar-refractivity contribution is -0.139. The molecule has 96 valence electrons. The standard InChI is InChI=1S/C12H9F3O2S/c1-17-11(16)7-3-5-9-4-2-6-10(8-9)18-12(13,14)15/h2,4,6,8H,7H2,1H3. The topological polar surface area (TPSA) is 26.3 Å². The van der Waals surface area contributed by atoms with Crippen LogP contribution in [0.15, 0.2) is 29.2 Å². The molecule has 0 aromatic heterocycles. The Morgan fingerprint density at radius 3 is 2.78 bits per heavy atom. The van der Waals surface area contributed by atoms with Crippen LogP contribution in [0.4, 0.5) is 13.2 Å². The van der Waals surface area contributed by atoms with Crippen LogP contribution in [0.25, 0.3) is 0 Å². The molecule has 1 rings (SSSR count). The first-order valence-corrected chi connectivity index (χ1v) is 5.64. The molecule has 0 amide bonds. The van der Waals surface area contributed by atoms with Gasteiger partial charge in [0.15, 0.2) is 0 Å². The molecule has 0 saturated heterocycles. The molecule has 0 aliphatic rings. The Hall–Kier alpha value is -1.61. The minimum absolute atomic E-state index is 0.0624. The maximum Gasteiger partial charge on any atom is 0.446 e. The lowest BCUT2D eigenvalue weighted by Crippen LogP contribution is -1.99. The third-order valence-corrected chi connectivity index (χ3v) is 2.48. The number of esters is 1. The van der Waals surface area contributed by atoms with E-state index in [2.05, 4.69) is 16.6 Å². The fourth-order valence-electron chi connectivity index (χ4n) is 1.06. The van der Waals surface area contributed by atoms with Gasteiger partial charge in [0.25, 0.3) is 0 Å². The van der Waals surface area contributed by atoms with Crippen molar-refractivity contribution in [2.24, 2.45) is 0 Å². The van der Waals surface area contributed by atoms with Crippen molar-refractivity contribution in [1.82, 2.24) is 0 Å². The molecule has 0 fully saturated rings. The van der Waals surface area contributed by atoms with E-state index in [9.17, 15) is 18.0 Å². The van der Waals surface area contributed by atoms with Gasteiger partial charge in [-0.1, -0.05) is 17.9 Å². The van der Waals surface area contributed by atoms with Crippen LogP contribution in [0, 0.1) is 11.8 Å². The van der Waals surface area contributed by atoms with Crippen molar-refractivity contribution in [3.63, 3.8) is 0 Å². The van der Waals surface area contributed by atoms with E-state index < -0.39 is 11.5 Å². The molecule has 0 saturated carbocycles. The van der Waals surface area contributed by atoms with E-state index in [1.807, 2.05) is 0 Å². The van der Waals surface area contributed by atoms with E-state index in [4.69, 9.17) is 0 Å². The van der Waals surface area contributed by atoms with E-state index >= 15 is 0 Å². The fraction of sp³-hybridized carbons (Fsp3) is 0.250. The number of hydrogen-bond donors (Lipinski definition) is 0. The molecular weight excluding hydrogens is 265 g/mol. The Morgan fingerprint density at radius 2 is 2.17 bits per heavy atom. The summed E-state index contributed by atoms with van der Waals surface area (Å²) in [5.41, 5.74) is -3.90. The number of carbonyl (C=O) groups excluding carboxylic acids is 1. The number of hydrogen-bond acceptors (Lipinski definition) is 3. The van der Waals surface area contributed by atoms with E-state index in [1.165, 1.54) is 25.3 Å². The van der Waals surface area contributed by atoms with Crippen LogP contribution < -0.4 is 0 Å². The van der Waals surface area contributed by atoms with Gasteiger partial charge >= 0.3 is 11.5 Å². The van der Waals surface area contributed by atoms with Crippen molar-refractivity contribution in [3.8, 4) is 11.8 Å². The van der Waals surface area contributed by atoms with Gasteiger partial charge in [0.05, 0.1) is 7.11 Å². The first kappa shape index (κ1) is 14.5. The molecule has 0 unspecified atom stereocenters. The maximum atomic E-state index is 12.1. The van der Waals surface area contributed by atoms with E-state index in [-0.39, 0.29) is 23.1 Å². The maximum absolute atomic E-state index is 12.1. The normalized spacial score (nSPS) is 10.4. The van der Waals surface area contributed by atoms with Crippen LogP contribution in [0.3, 0.4) is 0 Å². The van der Waals surface area contributed by atoms with Gasteiger partial charge in [-0.15, -0.1) is 0 Å². The average Bonchev–Trinajstić information content (AvgIpc) is 2.27. The molecule has 1 aromatic carbocycles. The third kappa shape index (κ3) is 5.64. The van der Waals surface area contributed by atoms with Gasteiger partial charge in [-0.25, -0.2) is 0 Å². The largest absolute Gasteiger partial charge is 0.468 e. The number of rotatable bonds is 2. The summed E-state index contributed by atoms with van der Waals surface area (Å²) in [6, 6.07) is 5.73. The highest BCUT2D eigenvalue weighted by atomic mass is 32.2. The minimum atomic E-state index is -4.32. The lowest BCUT2D eigenvalue weighted by atomic mass is 10.2. The molecule has 0 heterocycles. The molecule has 0 aliphatic carbocycles. The second-order valence-electron chi connectivity index (χ2n) is 3.13. The van der Waals surface area contributed by atoms with Crippen LogP contribution in [0.1, 0.15) is 12.0 Å². The van der Waals surface area contributed by atoms with E-state index in [1.54, 1.807) is 6.07 Å². The van der Waals surface area contributed by atoms with Gasteiger partial charge in [-0.2, -0.15) is 13.2 Å². The number of alkyl halides is 3. The molecule has 0 aliphatic heterocycles. The van der Waals surface area contributed by atoms with Gasteiger partial charge in [0.2, 0.25) is 0 Å². The van der Waals surface area contributed by atoms with Crippen LogP contribution >= 0.6 is 11.8 Å². The van der Waals surface area contributed by atoms with Crippen molar-refractivity contribution in [3.05, 3.63) is 29.8 Å². The van der Waals surface area contributed by atoms with Crippen molar-refractivity contribution >= 4 is 17.7 Å². The van der Waals surface area contributed by atoms with Crippen LogP contribution in [0.2, 0.25) is 0 Å². The zero-order valence-corrected chi connectivity index (χ0v) is 10.2. The molecule has 0 bridgehead atoms. The highest BCUT2D eigenvalue weighted by molar-refractivity contribution is 8.00. The van der Waals surface area contributed by atoms with Gasteiger partial charge in [-0.3, -0.25) is 4.79 Å². The molecule has 18 heavy (non-hydrogen) atoms. The second kappa shape index (κ2) is 6.36. The molecule has 0 radical (unpaired) electrons. The summed E-state index contributed by atoms with van der Waals surface area (Å²) in [5.74, 6) is 4.65. The zero-order valence-electron chi connectivity index (χ0n) is 9.38. The summed E-state index contributed by atoms with van der Waals surface area (Å²) in [6.45, 7) is 0. The van der Waals surface area contributed by atoms with Crippen LogP contribution in [0.5, 0.6) is 0 Å². The predicted octanol–water partition coefficient (Wildman–Crippen LogP) is 3.21. The number of halogens is 3. The van der Waals surface area contributed by atoms with Crippen molar-refractivity contribution in [2.45, 2.75) is 16.8 Å². The summed E-state index contributed by atoms with van der Waals surface area (Å²) >= 11 is -0.200. The molecule has 1 aromatic rings. The highest BCUT2D eigenvalue weighted by Crippen LogP contribution is 2.36. The van der Waals surface area contributed by atoms with E-state index in [0.29, 0.717) is 5.56 Å². The number of carbonyl (C=O) groups is 1. The quantitative estimate of drug-likeness (QED) is 0.470. The summed E-state index contributed by atoms with van der Waals surface area (Å²) in [5, 5.41) is 0. The third-order valence-electron chi connectivity index (χ3n) is 1.76. The first-order chi connectivity index (χ1) is 8.40.